The molecule has 0 fully saturated rings. The molecule has 0 aliphatic heterocycles. The molecule has 6 heteroatoms. The Kier molecular flexibility index (Phi) is 3.00. The Hall–Kier alpha value is -2.89. The van der Waals surface area contributed by atoms with Crippen molar-refractivity contribution < 1.29 is 0 Å². The van der Waals surface area contributed by atoms with E-state index in [9.17, 15) is 0 Å². The summed E-state index contributed by atoms with van der Waals surface area (Å²) in [6.07, 6.45) is 8.84. The van der Waals surface area contributed by atoms with Crippen molar-refractivity contribution >= 4 is 11.6 Å². The normalized spacial score (nSPS) is 14.0. The molecule has 0 atom stereocenters. The maximum Gasteiger partial charge on any atom is 0.222 e. The number of fused-ring (bicyclic) bond motifs is 1. The van der Waals surface area contributed by atoms with Crippen LogP contribution in [0.2, 0.25) is 0 Å². The van der Waals surface area contributed by atoms with Crippen molar-refractivity contribution in [2.75, 3.05) is 11.1 Å². The number of nitrogens with zero attached hydrogens (tertiary/aromatic N) is 4. The first-order chi connectivity index (χ1) is 10.8. The maximum atomic E-state index is 5.66. The van der Waals surface area contributed by atoms with Crippen molar-refractivity contribution in [1.82, 2.24) is 19.7 Å². The molecule has 110 valence electrons. The van der Waals surface area contributed by atoms with E-state index in [0.717, 1.165) is 18.5 Å². The summed E-state index contributed by atoms with van der Waals surface area (Å²) in [5.41, 5.74) is 9.88. The highest BCUT2D eigenvalue weighted by atomic mass is 15.3. The van der Waals surface area contributed by atoms with Crippen LogP contribution in [0.1, 0.15) is 11.1 Å². The molecular formula is C16H16N6. The third-order valence-corrected chi connectivity index (χ3v) is 3.89. The Labute approximate surface area is 128 Å². The molecule has 4 rings (SSSR count). The van der Waals surface area contributed by atoms with Gasteiger partial charge in [-0.1, -0.05) is 24.3 Å². The monoisotopic (exact) mass is 292 g/mol. The zero-order valence-electron chi connectivity index (χ0n) is 12.0. The van der Waals surface area contributed by atoms with E-state index in [4.69, 9.17) is 5.73 Å². The lowest BCUT2D eigenvalue weighted by Gasteiger charge is -2.11. The average molecular weight is 292 g/mol. The zero-order chi connectivity index (χ0) is 14.9. The fourth-order valence-corrected chi connectivity index (χ4v) is 2.84. The highest BCUT2D eigenvalue weighted by molar-refractivity contribution is 5.40. The van der Waals surface area contributed by atoms with Crippen LogP contribution in [0.15, 0.2) is 49.1 Å². The zero-order valence-corrected chi connectivity index (χ0v) is 12.0. The van der Waals surface area contributed by atoms with E-state index in [-0.39, 0.29) is 0 Å². The van der Waals surface area contributed by atoms with Gasteiger partial charge in [0.05, 0.1) is 30.5 Å². The number of hydrogen-bond donors (Lipinski definition) is 2. The quantitative estimate of drug-likeness (QED) is 0.769. The van der Waals surface area contributed by atoms with Gasteiger partial charge in [-0.25, -0.2) is 14.6 Å². The molecule has 1 aliphatic carbocycles. The number of hydrogen-bond acceptors (Lipinski definition) is 5. The molecule has 0 saturated carbocycles. The van der Waals surface area contributed by atoms with E-state index in [2.05, 4.69) is 44.6 Å². The molecular weight excluding hydrogens is 276 g/mol. The topological polar surface area (TPSA) is 81.6 Å². The third kappa shape index (κ3) is 2.39. The number of rotatable bonds is 3. The Bertz CT molecular complexity index is 767. The number of benzene rings is 1. The van der Waals surface area contributed by atoms with E-state index in [1.807, 2.05) is 0 Å². The highest BCUT2D eigenvalue weighted by Crippen LogP contribution is 2.23. The summed E-state index contributed by atoms with van der Waals surface area (Å²) in [5.74, 6) is 0.640. The molecule has 6 nitrogen and oxygen atoms in total. The summed E-state index contributed by atoms with van der Waals surface area (Å²) in [6, 6.07) is 8.89. The molecule has 1 aromatic carbocycles. The molecule has 1 aliphatic rings. The van der Waals surface area contributed by atoms with Gasteiger partial charge in [0.15, 0.2) is 0 Å². The van der Waals surface area contributed by atoms with Crippen LogP contribution in [0.25, 0.3) is 5.69 Å². The highest BCUT2D eigenvalue weighted by Gasteiger charge is 2.21. The summed E-state index contributed by atoms with van der Waals surface area (Å²) in [6.45, 7) is 0. The first-order valence-electron chi connectivity index (χ1n) is 7.24. The first kappa shape index (κ1) is 12.8. The SMILES string of the molecule is Nc1cnn(-c2cnc(NC3Cc4ccccc4C3)nc2)c1. The van der Waals surface area contributed by atoms with Crippen LogP contribution in [0.3, 0.4) is 0 Å². The maximum absolute atomic E-state index is 5.66. The van der Waals surface area contributed by atoms with E-state index in [1.165, 1.54) is 11.1 Å². The van der Waals surface area contributed by atoms with Gasteiger partial charge in [0, 0.05) is 6.04 Å². The number of nitrogens with two attached hydrogens (primary N) is 1. The minimum atomic E-state index is 0.351. The van der Waals surface area contributed by atoms with Gasteiger partial charge in [0.1, 0.15) is 5.69 Å². The van der Waals surface area contributed by atoms with Crippen molar-refractivity contribution in [2.24, 2.45) is 0 Å². The van der Waals surface area contributed by atoms with Crippen molar-refractivity contribution in [3.63, 3.8) is 0 Å². The largest absolute Gasteiger partial charge is 0.396 e. The molecule has 0 radical (unpaired) electrons. The smallest absolute Gasteiger partial charge is 0.222 e. The molecule has 0 bridgehead atoms. The Morgan fingerprint density at radius 2 is 1.73 bits per heavy atom. The molecule has 22 heavy (non-hydrogen) atoms. The van der Waals surface area contributed by atoms with E-state index in [0.29, 0.717) is 17.7 Å². The average Bonchev–Trinajstić information content (AvgIpc) is 3.13. The molecule has 3 aromatic rings. The first-order valence-corrected chi connectivity index (χ1v) is 7.24. The van der Waals surface area contributed by atoms with Crippen LogP contribution >= 0.6 is 0 Å². The van der Waals surface area contributed by atoms with Gasteiger partial charge in [-0.2, -0.15) is 5.10 Å². The predicted octanol–water partition coefficient (Wildman–Crippen LogP) is 1.82. The lowest BCUT2D eigenvalue weighted by molar-refractivity contribution is 0.759. The van der Waals surface area contributed by atoms with E-state index in [1.54, 1.807) is 29.5 Å². The minimum absolute atomic E-state index is 0.351. The molecule has 3 N–H and O–H groups in total. The standard InChI is InChI=1S/C16H16N6/c17-13-7-20-22(10-13)15-8-18-16(19-9-15)21-14-5-11-3-1-2-4-12(11)6-14/h1-4,7-10,14H,5-6,17H2,(H,18,19,21). The van der Waals surface area contributed by atoms with Crippen LogP contribution < -0.4 is 11.1 Å². The van der Waals surface area contributed by atoms with Crippen LogP contribution in [-0.4, -0.2) is 25.8 Å². The van der Waals surface area contributed by atoms with Crippen LogP contribution in [0, 0.1) is 0 Å². The summed E-state index contributed by atoms with van der Waals surface area (Å²) in [4.78, 5) is 8.73. The second-order valence-electron chi connectivity index (χ2n) is 5.50. The second-order valence-corrected chi connectivity index (χ2v) is 5.50. The van der Waals surface area contributed by atoms with E-state index >= 15 is 0 Å². The van der Waals surface area contributed by atoms with Crippen LogP contribution in [0.5, 0.6) is 0 Å². The minimum Gasteiger partial charge on any atom is -0.396 e. The van der Waals surface area contributed by atoms with E-state index < -0.39 is 0 Å². The Morgan fingerprint density at radius 1 is 1.05 bits per heavy atom. The lowest BCUT2D eigenvalue weighted by Crippen LogP contribution is -2.21. The molecule has 0 unspecified atom stereocenters. The molecule has 0 spiro atoms. The fourth-order valence-electron chi connectivity index (χ4n) is 2.84. The molecule has 0 saturated heterocycles. The van der Waals surface area contributed by atoms with Crippen LogP contribution in [-0.2, 0) is 12.8 Å². The summed E-state index contributed by atoms with van der Waals surface area (Å²) in [7, 11) is 0. The van der Waals surface area contributed by atoms with Gasteiger partial charge >= 0.3 is 0 Å². The van der Waals surface area contributed by atoms with Gasteiger partial charge < -0.3 is 11.1 Å². The number of aromatic nitrogens is 4. The fraction of sp³-hybridized carbons (Fsp3) is 0.188. The van der Waals surface area contributed by atoms with Crippen LogP contribution in [0.4, 0.5) is 11.6 Å². The second kappa shape index (κ2) is 5.14. The van der Waals surface area contributed by atoms with Gasteiger partial charge in [0.25, 0.3) is 0 Å². The predicted molar refractivity (Wildman–Crippen MR) is 84.8 cm³/mol. The summed E-state index contributed by atoms with van der Waals surface area (Å²) in [5, 5.41) is 7.53. The van der Waals surface area contributed by atoms with Crippen molar-refractivity contribution in [3.8, 4) is 5.69 Å². The lowest BCUT2D eigenvalue weighted by atomic mass is 10.1. The number of nitrogens with one attached hydrogen (secondary N) is 1. The molecule has 0 amide bonds. The summed E-state index contributed by atoms with van der Waals surface area (Å²) < 4.78 is 1.66. The van der Waals surface area contributed by atoms with Crippen molar-refractivity contribution in [3.05, 3.63) is 60.2 Å². The van der Waals surface area contributed by atoms with Gasteiger partial charge in [-0.15, -0.1) is 0 Å². The molecule has 2 heterocycles. The Balaban J connectivity index is 1.46. The number of nitrogen functional groups attached to an aromatic ring is 1. The van der Waals surface area contributed by atoms with Gasteiger partial charge in [-0.05, 0) is 24.0 Å². The van der Waals surface area contributed by atoms with Gasteiger partial charge in [0.2, 0.25) is 5.95 Å². The third-order valence-electron chi connectivity index (χ3n) is 3.89. The number of anilines is 2. The van der Waals surface area contributed by atoms with Crippen molar-refractivity contribution in [1.29, 1.82) is 0 Å². The van der Waals surface area contributed by atoms with Gasteiger partial charge in [-0.3, -0.25) is 0 Å². The summed E-state index contributed by atoms with van der Waals surface area (Å²) >= 11 is 0. The van der Waals surface area contributed by atoms with Crippen molar-refractivity contribution in [2.45, 2.75) is 18.9 Å². The Morgan fingerprint density at radius 3 is 2.32 bits per heavy atom. The molecule has 2 aromatic heterocycles.